The summed E-state index contributed by atoms with van der Waals surface area (Å²) in [4.78, 5) is 34.1. The highest BCUT2D eigenvalue weighted by atomic mass is 32.1. The molecule has 0 N–H and O–H groups in total. The van der Waals surface area contributed by atoms with E-state index in [9.17, 15) is 9.59 Å². The second-order valence-corrected chi connectivity index (χ2v) is 8.50. The Bertz CT molecular complexity index is 907. The minimum absolute atomic E-state index is 0.00732. The third kappa shape index (κ3) is 2.97. The summed E-state index contributed by atoms with van der Waals surface area (Å²) in [7, 11) is 0. The van der Waals surface area contributed by atoms with Crippen LogP contribution in [-0.4, -0.2) is 45.7 Å². The van der Waals surface area contributed by atoms with Gasteiger partial charge in [0.1, 0.15) is 10.7 Å². The number of aromatic nitrogens is 2. The zero-order valence-electron chi connectivity index (χ0n) is 15.6. The van der Waals surface area contributed by atoms with E-state index < -0.39 is 0 Å². The molecule has 2 aromatic heterocycles. The molecule has 1 fully saturated rings. The van der Waals surface area contributed by atoms with Crippen LogP contribution in [0.2, 0.25) is 0 Å². The van der Waals surface area contributed by atoms with Gasteiger partial charge in [-0.25, -0.2) is 4.98 Å². The van der Waals surface area contributed by atoms with E-state index >= 15 is 0 Å². The fraction of sp³-hybridized carbons (Fsp3) is 0.632. The summed E-state index contributed by atoms with van der Waals surface area (Å²) in [6.45, 7) is 7.75. The smallest absolute Gasteiger partial charge is 0.264 e. The fourth-order valence-electron chi connectivity index (χ4n) is 4.10. The number of nitrogens with zero attached hydrogens (tertiary/aromatic N) is 3. The van der Waals surface area contributed by atoms with Crippen molar-refractivity contribution in [2.75, 3.05) is 13.1 Å². The van der Waals surface area contributed by atoms with Crippen LogP contribution in [0.3, 0.4) is 0 Å². The van der Waals surface area contributed by atoms with Crippen LogP contribution in [0.4, 0.5) is 0 Å². The number of amides is 1. The maximum Gasteiger partial charge on any atom is 0.264 e. The lowest BCUT2D eigenvalue weighted by atomic mass is 10.1. The van der Waals surface area contributed by atoms with Crippen LogP contribution in [-0.2, 0) is 17.7 Å². The molecule has 2 unspecified atom stereocenters. The highest BCUT2D eigenvalue weighted by molar-refractivity contribution is 7.20. The quantitative estimate of drug-likeness (QED) is 0.769. The van der Waals surface area contributed by atoms with E-state index in [2.05, 4.69) is 0 Å². The van der Waals surface area contributed by atoms with Crippen molar-refractivity contribution in [3.63, 3.8) is 0 Å². The first-order chi connectivity index (χ1) is 12.5. The van der Waals surface area contributed by atoms with Gasteiger partial charge >= 0.3 is 0 Å². The molecule has 4 rings (SSSR count). The van der Waals surface area contributed by atoms with Gasteiger partial charge in [-0.2, -0.15) is 0 Å². The molecular formula is C19H25N3O3S. The second-order valence-electron chi connectivity index (χ2n) is 7.50. The molecule has 0 aliphatic carbocycles. The van der Waals surface area contributed by atoms with Crippen LogP contribution < -0.4 is 5.56 Å². The van der Waals surface area contributed by atoms with E-state index in [1.54, 1.807) is 0 Å². The van der Waals surface area contributed by atoms with Gasteiger partial charge in [0.25, 0.3) is 11.5 Å². The highest BCUT2D eigenvalue weighted by Crippen LogP contribution is 2.30. The standard InChI is InChI=1S/C19H25N3O3S/c1-11-9-21(10-12(2)25-11)19(24)16-13(3)15-17(26-16)20-14-7-5-4-6-8-22(14)18(15)23/h11-12H,4-10H2,1-3H3. The molecule has 0 radical (unpaired) electrons. The minimum Gasteiger partial charge on any atom is -0.372 e. The van der Waals surface area contributed by atoms with Gasteiger partial charge in [-0.15, -0.1) is 11.3 Å². The molecule has 1 amide bonds. The maximum atomic E-state index is 13.1. The van der Waals surface area contributed by atoms with Crippen molar-refractivity contribution in [1.82, 2.24) is 14.5 Å². The van der Waals surface area contributed by atoms with Crippen molar-refractivity contribution in [3.05, 3.63) is 26.6 Å². The molecule has 26 heavy (non-hydrogen) atoms. The number of fused-ring (bicyclic) bond motifs is 2. The van der Waals surface area contributed by atoms with Gasteiger partial charge in [-0.05, 0) is 39.2 Å². The molecule has 2 aromatic rings. The number of thiophene rings is 1. The number of ether oxygens (including phenoxy) is 1. The molecule has 0 bridgehead atoms. The predicted molar refractivity (Wildman–Crippen MR) is 102 cm³/mol. The molecular weight excluding hydrogens is 350 g/mol. The van der Waals surface area contributed by atoms with Crippen molar-refractivity contribution < 1.29 is 9.53 Å². The first-order valence-corrected chi connectivity index (χ1v) is 10.2. The third-order valence-electron chi connectivity index (χ3n) is 5.31. The molecule has 1 saturated heterocycles. The Kier molecular flexibility index (Phi) is 4.61. The zero-order chi connectivity index (χ0) is 18.4. The molecule has 0 saturated carbocycles. The van der Waals surface area contributed by atoms with Gasteiger partial charge in [0.2, 0.25) is 0 Å². The molecule has 6 nitrogen and oxygen atoms in total. The van der Waals surface area contributed by atoms with E-state index in [-0.39, 0.29) is 23.7 Å². The molecule has 2 aliphatic rings. The van der Waals surface area contributed by atoms with Crippen molar-refractivity contribution >= 4 is 27.5 Å². The van der Waals surface area contributed by atoms with Gasteiger partial charge in [0.15, 0.2) is 0 Å². The van der Waals surface area contributed by atoms with Crippen LogP contribution in [0.25, 0.3) is 10.2 Å². The van der Waals surface area contributed by atoms with E-state index in [4.69, 9.17) is 9.72 Å². The van der Waals surface area contributed by atoms with Crippen molar-refractivity contribution in [1.29, 1.82) is 0 Å². The lowest BCUT2D eigenvalue weighted by molar-refractivity contribution is -0.0585. The van der Waals surface area contributed by atoms with E-state index in [1.165, 1.54) is 11.3 Å². The van der Waals surface area contributed by atoms with Crippen LogP contribution >= 0.6 is 11.3 Å². The molecule has 2 aliphatic heterocycles. The van der Waals surface area contributed by atoms with Gasteiger partial charge in [-0.3, -0.25) is 14.2 Å². The third-order valence-corrected chi connectivity index (χ3v) is 6.49. The first kappa shape index (κ1) is 17.7. The SMILES string of the molecule is Cc1c(C(=O)N2CC(C)OC(C)C2)sc2nc3n(c(=O)c12)CCCCC3. The van der Waals surface area contributed by atoms with Crippen LogP contribution in [0.15, 0.2) is 4.79 Å². The molecule has 0 spiro atoms. The topological polar surface area (TPSA) is 64.4 Å². The van der Waals surface area contributed by atoms with Gasteiger partial charge in [0, 0.05) is 26.1 Å². The minimum atomic E-state index is -0.00732. The summed E-state index contributed by atoms with van der Waals surface area (Å²) in [5, 5.41) is 0.623. The fourth-order valence-corrected chi connectivity index (χ4v) is 5.26. The van der Waals surface area contributed by atoms with Crippen LogP contribution in [0, 0.1) is 6.92 Å². The molecule has 140 valence electrons. The Morgan fingerprint density at radius 1 is 1.19 bits per heavy atom. The molecule has 2 atom stereocenters. The summed E-state index contributed by atoms with van der Waals surface area (Å²) in [5.74, 6) is 0.862. The summed E-state index contributed by atoms with van der Waals surface area (Å²) in [6.07, 6.45) is 4.10. The van der Waals surface area contributed by atoms with Crippen molar-refractivity contribution in [2.45, 2.75) is 65.2 Å². The lowest BCUT2D eigenvalue weighted by Gasteiger charge is -2.35. The Morgan fingerprint density at radius 3 is 2.65 bits per heavy atom. The van der Waals surface area contributed by atoms with E-state index in [0.29, 0.717) is 28.2 Å². The Balaban J connectivity index is 1.77. The number of rotatable bonds is 1. The average molecular weight is 375 g/mol. The maximum absolute atomic E-state index is 13.1. The van der Waals surface area contributed by atoms with Crippen molar-refractivity contribution in [2.24, 2.45) is 0 Å². The number of carbonyl (C=O) groups is 1. The monoisotopic (exact) mass is 375 g/mol. The summed E-state index contributed by atoms with van der Waals surface area (Å²) in [5.41, 5.74) is 0.794. The van der Waals surface area contributed by atoms with Gasteiger partial charge in [-0.1, -0.05) is 6.42 Å². The average Bonchev–Trinajstić information content (AvgIpc) is 2.77. The largest absolute Gasteiger partial charge is 0.372 e. The highest BCUT2D eigenvalue weighted by Gasteiger charge is 2.30. The first-order valence-electron chi connectivity index (χ1n) is 9.43. The molecule has 0 aromatic carbocycles. The summed E-state index contributed by atoms with van der Waals surface area (Å²) in [6, 6.07) is 0. The Hall–Kier alpha value is -1.73. The van der Waals surface area contributed by atoms with E-state index in [1.807, 2.05) is 30.2 Å². The van der Waals surface area contributed by atoms with Gasteiger partial charge in [0.05, 0.1) is 22.5 Å². The number of hydrogen-bond donors (Lipinski definition) is 0. The number of aryl methyl sites for hydroxylation is 2. The van der Waals surface area contributed by atoms with Gasteiger partial charge < -0.3 is 9.64 Å². The van der Waals surface area contributed by atoms with Crippen LogP contribution in [0.5, 0.6) is 0 Å². The molecule has 7 heteroatoms. The predicted octanol–water partition coefficient (Wildman–Crippen LogP) is 2.74. The second kappa shape index (κ2) is 6.78. The summed E-state index contributed by atoms with van der Waals surface area (Å²) >= 11 is 1.37. The zero-order valence-corrected chi connectivity index (χ0v) is 16.4. The van der Waals surface area contributed by atoms with Crippen LogP contribution in [0.1, 0.15) is 54.2 Å². The Morgan fingerprint density at radius 2 is 1.92 bits per heavy atom. The van der Waals surface area contributed by atoms with Crippen molar-refractivity contribution in [3.8, 4) is 0 Å². The summed E-state index contributed by atoms with van der Waals surface area (Å²) < 4.78 is 7.56. The molecule has 4 heterocycles. The normalized spacial score (nSPS) is 23.7. The number of hydrogen-bond acceptors (Lipinski definition) is 5. The Labute approximate surface area is 156 Å². The number of carbonyl (C=O) groups excluding carboxylic acids is 1. The number of morpholine rings is 1. The lowest BCUT2D eigenvalue weighted by Crippen LogP contribution is -2.48. The van der Waals surface area contributed by atoms with E-state index in [0.717, 1.165) is 43.6 Å².